The van der Waals surface area contributed by atoms with Gasteiger partial charge in [-0.15, -0.1) is 0 Å². The zero-order chi connectivity index (χ0) is 16.9. The van der Waals surface area contributed by atoms with Crippen LogP contribution in [-0.2, 0) is 10.2 Å². The quantitative estimate of drug-likeness (QED) is 0.752. The largest absolute Gasteiger partial charge is 0.353 e. The molecule has 1 aliphatic carbocycles. The number of carbonyl (C=O) groups excluding carboxylic acids is 2. The van der Waals surface area contributed by atoms with E-state index in [0.717, 1.165) is 12.8 Å². The third kappa shape index (κ3) is 4.24. The van der Waals surface area contributed by atoms with Crippen LogP contribution in [0.2, 0.25) is 0 Å². The molecule has 0 heterocycles. The van der Waals surface area contributed by atoms with E-state index in [1.807, 2.05) is 32.0 Å². The van der Waals surface area contributed by atoms with Crippen LogP contribution in [0.1, 0.15) is 45.1 Å². The molecule has 0 saturated heterocycles. The lowest BCUT2D eigenvalue weighted by Crippen LogP contribution is -2.53. The topological polar surface area (TPSA) is 84.2 Å². The van der Waals surface area contributed by atoms with Crippen molar-refractivity contribution in [3.05, 3.63) is 35.9 Å². The molecule has 23 heavy (non-hydrogen) atoms. The van der Waals surface area contributed by atoms with E-state index in [0.29, 0.717) is 6.54 Å². The van der Waals surface area contributed by atoms with E-state index in [1.165, 1.54) is 18.4 Å². The number of hydrogen-bond acceptors (Lipinski definition) is 2. The van der Waals surface area contributed by atoms with Gasteiger partial charge >= 0.3 is 6.03 Å². The first-order valence-corrected chi connectivity index (χ1v) is 8.34. The number of carbonyl (C=O) groups is 2. The summed E-state index contributed by atoms with van der Waals surface area (Å²) in [5.74, 6) is -0.181. The predicted octanol–water partition coefficient (Wildman–Crippen LogP) is 2.31. The Balaban J connectivity index is 2.07. The lowest BCUT2D eigenvalue weighted by atomic mass is 9.78. The van der Waals surface area contributed by atoms with Gasteiger partial charge in [0.05, 0.1) is 0 Å². The Bertz CT molecular complexity index is 536. The minimum absolute atomic E-state index is 0.00513. The van der Waals surface area contributed by atoms with Crippen molar-refractivity contribution >= 4 is 11.9 Å². The molecule has 126 valence electrons. The molecule has 1 atom stereocenters. The second-order valence-electron chi connectivity index (χ2n) is 6.80. The maximum Gasteiger partial charge on any atom is 0.312 e. The van der Waals surface area contributed by atoms with Gasteiger partial charge in [-0.1, -0.05) is 57.0 Å². The lowest BCUT2D eigenvalue weighted by Gasteiger charge is -2.31. The van der Waals surface area contributed by atoms with Crippen molar-refractivity contribution in [2.24, 2.45) is 11.7 Å². The van der Waals surface area contributed by atoms with Gasteiger partial charge in [0.15, 0.2) is 0 Å². The molecular formula is C18H27N3O2. The van der Waals surface area contributed by atoms with Gasteiger partial charge in [-0.05, 0) is 24.3 Å². The average Bonchev–Trinajstić information content (AvgIpc) is 3.01. The van der Waals surface area contributed by atoms with Gasteiger partial charge in [0.25, 0.3) is 0 Å². The van der Waals surface area contributed by atoms with Gasteiger partial charge in [-0.2, -0.15) is 0 Å². The molecule has 0 aromatic heterocycles. The van der Waals surface area contributed by atoms with E-state index in [9.17, 15) is 9.59 Å². The molecule has 5 heteroatoms. The summed E-state index contributed by atoms with van der Waals surface area (Å²) in [7, 11) is 0. The van der Waals surface area contributed by atoms with E-state index in [1.54, 1.807) is 0 Å². The van der Waals surface area contributed by atoms with Gasteiger partial charge < -0.3 is 16.4 Å². The molecule has 0 aliphatic heterocycles. The van der Waals surface area contributed by atoms with Gasteiger partial charge in [0, 0.05) is 12.0 Å². The number of nitrogens with one attached hydrogen (secondary N) is 2. The van der Waals surface area contributed by atoms with E-state index >= 15 is 0 Å². The van der Waals surface area contributed by atoms with Crippen LogP contribution < -0.4 is 16.4 Å². The first-order valence-electron chi connectivity index (χ1n) is 8.34. The molecule has 2 rings (SSSR count). The zero-order valence-electron chi connectivity index (χ0n) is 14.0. The Morgan fingerprint density at radius 2 is 1.78 bits per heavy atom. The maximum atomic E-state index is 12.5. The Morgan fingerprint density at radius 3 is 2.30 bits per heavy atom. The second-order valence-corrected chi connectivity index (χ2v) is 6.80. The van der Waals surface area contributed by atoms with Gasteiger partial charge in [0.2, 0.25) is 5.91 Å². The number of amides is 3. The molecule has 0 radical (unpaired) electrons. The Morgan fingerprint density at radius 1 is 1.17 bits per heavy atom. The van der Waals surface area contributed by atoms with E-state index < -0.39 is 12.1 Å². The molecule has 1 fully saturated rings. The SMILES string of the molecule is CC(C)C(NC(N)=O)C(=O)NCC1(c2ccccc2)CCCC1. The number of rotatable bonds is 6. The molecular weight excluding hydrogens is 290 g/mol. The van der Waals surface area contributed by atoms with Crippen molar-refractivity contribution in [2.75, 3.05) is 6.54 Å². The van der Waals surface area contributed by atoms with Crippen LogP contribution in [0.15, 0.2) is 30.3 Å². The molecule has 3 amide bonds. The number of benzene rings is 1. The summed E-state index contributed by atoms with van der Waals surface area (Å²) in [6, 6.07) is 9.11. The third-order valence-corrected chi connectivity index (χ3v) is 4.79. The summed E-state index contributed by atoms with van der Waals surface area (Å²) in [6.07, 6.45) is 4.51. The standard InChI is InChI=1S/C18H27N3O2/c1-13(2)15(21-17(19)23)16(22)20-12-18(10-6-7-11-18)14-8-4-3-5-9-14/h3-5,8-9,13,15H,6-7,10-12H2,1-2H3,(H,20,22)(H3,19,21,23). The first kappa shape index (κ1) is 17.3. The van der Waals surface area contributed by atoms with Crippen LogP contribution in [0, 0.1) is 5.92 Å². The molecule has 5 nitrogen and oxygen atoms in total. The highest BCUT2D eigenvalue weighted by atomic mass is 16.2. The minimum atomic E-state index is -0.669. The van der Waals surface area contributed by atoms with Crippen molar-refractivity contribution in [1.29, 1.82) is 0 Å². The molecule has 1 saturated carbocycles. The molecule has 0 spiro atoms. The van der Waals surface area contributed by atoms with Gasteiger partial charge in [-0.3, -0.25) is 4.79 Å². The van der Waals surface area contributed by atoms with Crippen LogP contribution in [-0.4, -0.2) is 24.5 Å². The summed E-state index contributed by atoms with van der Waals surface area (Å²) in [4.78, 5) is 23.6. The molecule has 1 aromatic carbocycles. The van der Waals surface area contributed by atoms with E-state index in [4.69, 9.17) is 5.73 Å². The van der Waals surface area contributed by atoms with Crippen LogP contribution in [0.25, 0.3) is 0 Å². The summed E-state index contributed by atoms with van der Waals surface area (Å²) < 4.78 is 0. The number of hydrogen-bond donors (Lipinski definition) is 3. The number of urea groups is 1. The fourth-order valence-corrected chi connectivity index (χ4v) is 3.47. The average molecular weight is 317 g/mol. The molecule has 0 bridgehead atoms. The lowest BCUT2D eigenvalue weighted by molar-refractivity contribution is -0.124. The Kier molecular flexibility index (Phi) is 5.64. The normalized spacial score (nSPS) is 17.7. The van der Waals surface area contributed by atoms with Crippen molar-refractivity contribution in [3.8, 4) is 0 Å². The summed E-state index contributed by atoms with van der Waals surface area (Å²) >= 11 is 0. The monoisotopic (exact) mass is 317 g/mol. The number of nitrogens with two attached hydrogens (primary N) is 1. The highest BCUT2D eigenvalue weighted by Crippen LogP contribution is 2.40. The smallest absolute Gasteiger partial charge is 0.312 e. The summed E-state index contributed by atoms with van der Waals surface area (Å²) in [6.45, 7) is 4.38. The molecule has 1 aliphatic rings. The van der Waals surface area contributed by atoms with E-state index in [-0.39, 0.29) is 17.2 Å². The van der Waals surface area contributed by atoms with Crippen LogP contribution >= 0.6 is 0 Å². The van der Waals surface area contributed by atoms with Crippen molar-refractivity contribution in [2.45, 2.75) is 51.0 Å². The molecule has 1 unspecified atom stereocenters. The van der Waals surface area contributed by atoms with E-state index in [2.05, 4.69) is 22.8 Å². The highest BCUT2D eigenvalue weighted by Gasteiger charge is 2.36. The Hall–Kier alpha value is -2.04. The zero-order valence-corrected chi connectivity index (χ0v) is 14.0. The van der Waals surface area contributed by atoms with Crippen molar-refractivity contribution < 1.29 is 9.59 Å². The van der Waals surface area contributed by atoms with Crippen LogP contribution in [0.3, 0.4) is 0 Å². The van der Waals surface area contributed by atoms with Gasteiger partial charge in [-0.25, -0.2) is 4.79 Å². The fraction of sp³-hybridized carbons (Fsp3) is 0.556. The first-order chi connectivity index (χ1) is 10.9. The van der Waals surface area contributed by atoms with Crippen molar-refractivity contribution in [1.82, 2.24) is 10.6 Å². The highest BCUT2D eigenvalue weighted by molar-refractivity contribution is 5.86. The maximum absolute atomic E-state index is 12.5. The molecule has 4 N–H and O–H groups in total. The van der Waals surface area contributed by atoms with Gasteiger partial charge in [0.1, 0.15) is 6.04 Å². The van der Waals surface area contributed by atoms with Crippen LogP contribution in [0.4, 0.5) is 4.79 Å². The summed E-state index contributed by atoms with van der Waals surface area (Å²) in [5.41, 5.74) is 6.46. The number of primary amides is 1. The second kappa shape index (κ2) is 7.49. The van der Waals surface area contributed by atoms with Crippen LogP contribution in [0.5, 0.6) is 0 Å². The molecule has 1 aromatic rings. The predicted molar refractivity (Wildman–Crippen MR) is 90.9 cm³/mol. The third-order valence-electron chi connectivity index (χ3n) is 4.79. The Labute approximate surface area is 138 Å². The minimum Gasteiger partial charge on any atom is -0.353 e. The summed E-state index contributed by atoms with van der Waals surface area (Å²) in [5, 5.41) is 5.58. The fourth-order valence-electron chi connectivity index (χ4n) is 3.47. The van der Waals surface area contributed by atoms with Crippen molar-refractivity contribution in [3.63, 3.8) is 0 Å².